The predicted octanol–water partition coefficient (Wildman–Crippen LogP) is 10.5. The quantitative estimate of drug-likeness (QED) is 0.141. The zero-order valence-corrected chi connectivity index (χ0v) is 37.4. The number of hydrogen-bond donors (Lipinski definition) is 0. The molecule has 0 atom stereocenters. The molecule has 10 nitrogen and oxygen atoms in total. The fourth-order valence-corrected chi connectivity index (χ4v) is 10.7. The van der Waals surface area contributed by atoms with Crippen LogP contribution in [0.25, 0.3) is 33.3 Å². The van der Waals surface area contributed by atoms with Gasteiger partial charge in [-0.05, 0) is 123 Å². The summed E-state index contributed by atoms with van der Waals surface area (Å²) in [5.74, 6) is 1.09. The fraction of sp³-hybridized carbons (Fsp3) is 0.415. The summed E-state index contributed by atoms with van der Waals surface area (Å²) < 4.78 is 48.6. The molecule has 10 rings (SSSR count). The molecule has 4 aliphatic heterocycles. The number of rotatable bonds is 9. The first kappa shape index (κ1) is 43.6. The van der Waals surface area contributed by atoms with Gasteiger partial charge in [0, 0.05) is 123 Å². The van der Waals surface area contributed by atoms with Crippen LogP contribution in [0.4, 0.5) is 24.5 Å². The van der Waals surface area contributed by atoms with E-state index in [1.807, 2.05) is 22.2 Å². The van der Waals surface area contributed by atoms with Gasteiger partial charge in [0.2, 0.25) is 5.91 Å². The molecule has 0 saturated carbocycles. The van der Waals surface area contributed by atoms with Crippen LogP contribution in [-0.2, 0) is 35.1 Å². The highest BCUT2D eigenvalue weighted by molar-refractivity contribution is 5.97. The number of amides is 1. The molecule has 66 heavy (non-hydrogen) atoms. The molecule has 0 unspecified atom stereocenters. The Kier molecular flexibility index (Phi) is 12.3. The van der Waals surface area contributed by atoms with Crippen LogP contribution >= 0.6 is 0 Å². The number of ether oxygens (including phenoxy) is 1. The van der Waals surface area contributed by atoms with Crippen LogP contribution in [0.1, 0.15) is 97.5 Å². The van der Waals surface area contributed by atoms with Gasteiger partial charge in [-0.25, -0.2) is 0 Å². The lowest BCUT2D eigenvalue weighted by Gasteiger charge is -2.35. The Balaban J connectivity index is 0.728. The van der Waals surface area contributed by atoms with Gasteiger partial charge >= 0.3 is 6.18 Å². The smallest absolute Gasteiger partial charge is 0.381 e. The molecule has 0 spiro atoms. The lowest BCUT2D eigenvalue weighted by Crippen LogP contribution is -2.35. The van der Waals surface area contributed by atoms with Crippen molar-refractivity contribution in [3.8, 4) is 28.6 Å². The zero-order chi connectivity index (χ0) is 45.4. The molecule has 0 bridgehead atoms. The molecule has 0 N–H and O–H groups in total. The third-order valence-corrected chi connectivity index (χ3v) is 14.7. The summed E-state index contributed by atoms with van der Waals surface area (Å²) in [5.41, 5.74) is 9.17. The fourth-order valence-electron chi connectivity index (χ4n) is 10.7. The number of carbonyl (C=O) groups excluding carboxylic acids is 1. The molecule has 3 aromatic heterocycles. The highest BCUT2D eigenvalue weighted by atomic mass is 19.4. The lowest BCUT2D eigenvalue weighted by atomic mass is 9.88. The first-order valence-corrected chi connectivity index (χ1v) is 23.6. The minimum atomic E-state index is -4.56. The van der Waals surface area contributed by atoms with Crippen LogP contribution in [0.3, 0.4) is 0 Å². The SMILES string of the molecule is CC(=O)N1CCc2c(c(-c3cccc4cc(-c5ccc(CCC6CCN(c7ccc(C8CCN(c9ccc(C#N)c(C(F)(F)F)c9)CC8)cc7)CC6)nc5)ncc34)nn2C2CCOCC2)C1. The van der Waals surface area contributed by atoms with Crippen molar-refractivity contribution < 1.29 is 22.7 Å². The maximum atomic E-state index is 13.6. The van der Waals surface area contributed by atoms with E-state index in [9.17, 15) is 18.0 Å². The van der Waals surface area contributed by atoms with Crippen molar-refractivity contribution in [3.63, 3.8) is 0 Å². The number of halogens is 3. The summed E-state index contributed by atoms with van der Waals surface area (Å²) in [6.07, 6.45) is 8.08. The summed E-state index contributed by atoms with van der Waals surface area (Å²) in [6, 6.07) is 27.7. The third kappa shape index (κ3) is 9.00. The van der Waals surface area contributed by atoms with E-state index in [1.54, 1.807) is 19.1 Å². The van der Waals surface area contributed by atoms with E-state index in [0.717, 1.165) is 135 Å². The third-order valence-electron chi connectivity index (χ3n) is 14.7. The van der Waals surface area contributed by atoms with E-state index in [1.165, 1.54) is 23.0 Å². The van der Waals surface area contributed by atoms with Crippen molar-refractivity contribution in [2.24, 2.45) is 5.92 Å². The largest absolute Gasteiger partial charge is 0.417 e. The average molecular weight is 893 g/mol. The van der Waals surface area contributed by atoms with E-state index in [4.69, 9.17) is 25.1 Å². The monoisotopic (exact) mass is 892 g/mol. The van der Waals surface area contributed by atoms with Gasteiger partial charge in [-0.3, -0.25) is 19.4 Å². The molecule has 1 amide bonds. The summed E-state index contributed by atoms with van der Waals surface area (Å²) in [6.45, 7) is 7.78. The van der Waals surface area contributed by atoms with Gasteiger partial charge in [0.15, 0.2) is 0 Å². The Morgan fingerprint density at radius 1 is 0.833 bits per heavy atom. The van der Waals surface area contributed by atoms with E-state index in [-0.39, 0.29) is 11.5 Å². The number of fused-ring (bicyclic) bond motifs is 2. The highest BCUT2D eigenvalue weighted by Gasteiger charge is 2.35. The number of hydrogen-bond acceptors (Lipinski definition) is 8. The van der Waals surface area contributed by atoms with Crippen LogP contribution < -0.4 is 9.80 Å². The second-order valence-corrected chi connectivity index (χ2v) is 18.5. The summed E-state index contributed by atoms with van der Waals surface area (Å²) in [4.78, 5) is 28.7. The first-order chi connectivity index (χ1) is 32.1. The Hall–Kier alpha value is -6.26. The second kappa shape index (κ2) is 18.6. The average Bonchev–Trinajstić information content (AvgIpc) is 3.74. The predicted molar refractivity (Wildman–Crippen MR) is 250 cm³/mol. The minimum Gasteiger partial charge on any atom is -0.381 e. The van der Waals surface area contributed by atoms with E-state index in [2.05, 4.69) is 70.2 Å². The van der Waals surface area contributed by atoms with Crippen molar-refractivity contribution in [1.29, 1.82) is 5.26 Å². The van der Waals surface area contributed by atoms with Crippen molar-refractivity contribution in [1.82, 2.24) is 24.6 Å². The van der Waals surface area contributed by atoms with Gasteiger partial charge in [-0.15, -0.1) is 0 Å². The summed E-state index contributed by atoms with van der Waals surface area (Å²) in [7, 11) is 0. The normalized spacial score (nSPS) is 17.8. The van der Waals surface area contributed by atoms with Gasteiger partial charge in [0.25, 0.3) is 0 Å². The number of nitrogens with zero attached hydrogens (tertiary/aromatic N) is 8. The van der Waals surface area contributed by atoms with Gasteiger partial charge in [0.1, 0.15) is 0 Å². The number of anilines is 2. The molecule has 0 aliphatic carbocycles. The molecule has 0 radical (unpaired) electrons. The molecule has 3 fully saturated rings. The van der Waals surface area contributed by atoms with Crippen molar-refractivity contribution >= 4 is 28.1 Å². The van der Waals surface area contributed by atoms with Gasteiger partial charge in [-0.1, -0.05) is 30.3 Å². The van der Waals surface area contributed by atoms with Crippen molar-refractivity contribution in [2.45, 2.75) is 89.4 Å². The van der Waals surface area contributed by atoms with Crippen LogP contribution in [-0.4, -0.2) is 76.5 Å². The molecule has 13 heteroatoms. The Bertz CT molecular complexity index is 2740. The Labute approximate surface area is 384 Å². The van der Waals surface area contributed by atoms with Crippen LogP contribution in [0, 0.1) is 17.2 Å². The van der Waals surface area contributed by atoms with E-state index >= 15 is 0 Å². The van der Waals surface area contributed by atoms with Crippen LogP contribution in [0.2, 0.25) is 0 Å². The molecule has 7 heterocycles. The van der Waals surface area contributed by atoms with E-state index < -0.39 is 11.7 Å². The van der Waals surface area contributed by atoms with Crippen LogP contribution in [0.15, 0.2) is 91.3 Å². The standard InChI is InChI=1S/C53H55F3N8O2/c1-35(65)63-26-19-51-48(34-63)52(60-64(51)44-20-27-66-28-21-44)46-4-2-3-39-29-50(59-33-47(39)46)41-6-11-42(58-32-41)10-5-36-15-22-61(23-16-36)43-12-7-37(8-13-43)38-17-24-62(25-18-38)45-14-9-40(31-57)49(30-45)53(54,55)56/h2-4,6-9,11-14,29-30,32-33,36,38,44H,5,10,15-28,34H2,1H3. The number of aromatic nitrogens is 4. The molecule has 4 aliphatic rings. The maximum Gasteiger partial charge on any atom is 0.417 e. The Morgan fingerprint density at radius 2 is 1.58 bits per heavy atom. The second-order valence-electron chi connectivity index (χ2n) is 18.5. The van der Waals surface area contributed by atoms with Gasteiger partial charge in [0.05, 0.1) is 34.6 Å². The van der Waals surface area contributed by atoms with Gasteiger partial charge < -0.3 is 19.4 Å². The topological polar surface area (TPSA) is 103 Å². The molecule has 6 aromatic rings. The number of benzene rings is 3. The minimum absolute atomic E-state index is 0.0887. The van der Waals surface area contributed by atoms with Crippen molar-refractivity contribution in [2.75, 3.05) is 55.7 Å². The lowest BCUT2D eigenvalue weighted by molar-refractivity contribution is -0.137. The van der Waals surface area contributed by atoms with Gasteiger partial charge in [-0.2, -0.15) is 23.5 Å². The number of piperidine rings is 2. The number of nitriles is 1. The maximum absolute atomic E-state index is 13.6. The van der Waals surface area contributed by atoms with Crippen molar-refractivity contribution in [3.05, 3.63) is 125 Å². The Morgan fingerprint density at radius 3 is 2.29 bits per heavy atom. The number of pyridine rings is 2. The summed E-state index contributed by atoms with van der Waals surface area (Å²) in [5, 5.41) is 16.6. The number of carbonyl (C=O) groups is 1. The molecule has 3 aromatic carbocycles. The first-order valence-electron chi connectivity index (χ1n) is 23.6. The summed E-state index contributed by atoms with van der Waals surface area (Å²) >= 11 is 0. The molecule has 340 valence electrons. The zero-order valence-electron chi connectivity index (χ0n) is 37.4. The number of alkyl halides is 3. The molecular weight excluding hydrogens is 838 g/mol. The number of aryl methyl sites for hydroxylation is 1. The van der Waals surface area contributed by atoms with Crippen LogP contribution in [0.5, 0.6) is 0 Å². The molecule has 3 saturated heterocycles. The highest BCUT2D eigenvalue weighted by Crippen LogP contribution is 2.40. The van der Waals surface area contributed by atoms with E-state index in [0.29, 0.717) is 49.7 Å². The molecular formula is C53H55F3N8O2.